The van der Waals surface area contributed by atoms with E-state index in [1.165, 1.54) is 0 Å². The van der Waals surface area contributed by atoms with E-state index in [0.717, 1.165) is 0 Å². The Hall–Kier alpha value is -0.205. The first-order valence-electron chi connectivity index (χ1n) is 0.516. The SMILES string of the molecule is F.N.N.N.O[B]O. The Balaban J connectivity index is -0.00000000333. The van der Waals surface area contributed by atoms with E-state index in [2.05, 4.69) is 0 Å². The third kappa shape index (κ3) is 1980. The first-order valence-corrected chi connectivity index (χ1v) is 0.516. The molecule has 0 fully saturated rings. The predicted octanol–water partition coefficient (Wildman–Crippen LogP) is -0.856. The summed E-state index contributed by atoms with van der Waals surface area (Å²) in [5, 5.41) is 14.0. The molecule has 7 heteroatoms. The molecule has 0 saturated carbocycles. The van der Waals surface area contributed by atoms with Crippen LogP contribution in [-0.4, -0.2) is 17.7 Å². The molecule has 0 aliphatic heterocycles. The van der Waals surface area contributed by atoms with E-state index in [1.807, 2.05) is 0 Å². The highest BCUT2D eigenvalue weighted by Crippen LogP contribution is 1.08. The number of hydrogen-bond donors (Lipinski definition) is 5. The minimum Gasteiger partial charge on any atom is -0.429 e. The molecule has 1 radical (unpaired) electrons. The summed E-state index contributed by atoms with van der Waals surface area (Å²) in [7, 11) is 0. The van der Waals surface area contributed by atoms with Crippen molar-refractivity contribution in [2.75, 3.05) is 0 Å². The van der Waals surface area contributed by atoms with Gasteiger partial charge in [-0.15, -0.1) is 0 Å². The molecule has 7 heavy (non-hydrogen) atoms. The summed E-state index contributed by atoms with van der Waals surface area (Å²) in [6.07, 6.45) is 0. The van der Waals surface area contributed by atoms with Crippen LogP contribution in [0.5, 0.6) is 0 Å². The molecule has 0 amide bonds. The van der Waals surface area contributed by atoms with Gasteiger partial charge in [-0.2, -0.15) is 0 Å². The molecular weight excluding hydrogens is 104 g/mol. The summed E-state index contributed by atoms with van der Waals surface area (Å²) in [5.74, 6) is 0. The molecule has 0 aromatic carbocycles. The van der Waals surface area contributed by atoms with Crippen LogP contribution in [0.25, 0.3) is 0 Å². The van der Waals surface area contributed by atoms with Crippen molar-refractivity contribution in [2.24, 2.45) is 0 Å². The summed E-state index contributed by atoms with van der Waals surface area (Å²) < 4.78 is 0. The van der Waals surface area contributed by atoms with E-state index in [4.69, 9.17) is 10.0 Å². The summed E-state index contributed by atoms with van der Waals surface area (Å²) >= 11 is 0. The highest BCUT2D eigenvalue weighted by molar-refractivity contribution is 6.13. The fourth-order valence-corrected chi connectivity index (χ4v) is 0. The maximum atomic E-state index is 7.00. The molecule has 0 atom stereocenters. The van der Waals surface area contributed by atoms with Gasteiger partial charge < -0.3 is 28.5 Å². The quantitative estimate of drug-likeness (QED) is 0.261. The van der Waals surface area contributed by atoms with Crippen LogP contribution in [0.3, 0.4) is 0 Å². The Kier molecular flexibility index (Phi) is 2130. The summed E-state index contributed by atoms with van der Waals surface area (Å²) in [6, 6.07) is 0. The van der Waals surface area contributed by atoms with E-state index in [9.17, 15) is 0 Å². The molecule has 0 aromatic rings. The van der Waals surface area contributed by atoms with E-state index in [-0.39, 0.29) is 30.8 Å². The summed E-state index contributed by atoms with van der Waals surface area (Å²) in [4.78, 5) is 0. The molecule has 0 rings (SSSR count). The van der Waals surface area contributed by atoms with Gasteiger partial charge in [-0.05, 0) is 0 Å². The van der Waals surface area contributed by atoms with Gasteiger partial charge >= 0.3 is 7.69 Å². The Labute approximate surface area is 42.2 Å². The maximum Gasteiger partial charge on any atom is 0.482 e. The molecule has 0 saturated heterocycles. The van der Waals surface area contributed by atoms with Gasteiger partial charge in [0.25, 0.3) is 0 Å². The van der Waals surface area contributed by atoms with Gasteiger partial charge in [0.15, 0.2) is 0 Å². The van der Waals surface area contributed by atoms with Crippen LogP contribution >= 0.6 is 0 Å². The molecule has 11 N–H and O–H groups in total. The molecule has 0 bridgehead atoms. The molecule has 0 heterocycles. The van der Waals surface area contributed by atoms with Crippen molar-refractivity contribution in [3.8, 4) is 0 Å². The lowest BCUT2D eigenvalue weighted by Gasteiger charge is -1.46. The predicted molar refractivity (Wildman–Crippen MR) is 27.8 cm³/mol. The third-order valence-electron chi connectivity index (χ3n) is 0. The van der Waals surface area contributed by atoms with Gasteiger partial charge in [-0.25, -0.2) is 0 Å². The van der Waals surface area contributed by atoms with Crippen molar-refractivity contribution in [3.63, 3.8) is 0 Å². The third-order valence-corrected chi connectivity index (χ3v) is 0. The smallest absolute Gasteiger partial charge is 0.429 e. The van der Waals surface area contributed by atoms with E-state index in [0.29, 0.717) is 0 Å². The lowest BCUT2D eigenvalue weighted by Crippen LogP contribution is -1.75. The highest BCUT2D eigenvalue weighted by atomic mass is 19.0. The Bertz CT molecular complexity index is 12.9. The molecule has 0 unspecified atom stereocenters. The molecule has 0 aliphatic rings. The topological polar surface area (TPSA) is 145 Å². The van der Waals surface area contributed by atoms with Crippen molar-refractivity contribution in [2.45, 2.75) is 0 Å². The number of hydrogen-bond acceptors (Lipinski definition) is 5. The van der Waals surface area contributed by atoms with Crippen molar-refractivity contribution in [3.05, 3.63) is 0 Å². The largest absolute Gasteiger partial charge is 0.482 e. The van der Waals surface area contributed by atoms with Gasteiger partial charge in [0.1, 0.15) is 0 Å². The van der Waals surface area contributed by atoms with Crippen molar-refractivity contribution in [1.82, 2.24) is 18.5 Å². The second-order valence-electron chi connectivity index (χ2n) is 0.115. The zero-order valence-electron chi connectivity index (χ0n) is 4.00. The van der Waals surface area contributed by atoms with Crippen LogP contribution < -0.4 is 18.5 Å². The Morgan fingerprint density at radius 1 is 0.857 bits per heavy atom. The lowest BCUT2D eigenvalue weighted by molar-refractivity contribution is 0.448. The fraction of sp³-hybridized carbons (Fsp3) is 0. The van der Waals surface area contributed by atoms with Crippen molar-refractivity contribution in [1.29, 1.82) is 0 Å². The van der Waals surface area contributed by atoms with E-state index < -0.39 is 0 Å². The van der Waals surface area contributed by atoms with Crippen LogP contribution in [0.15, 0.2) is 0 Å². The van der Waals surface area contributed by atoms with Gasteiger partial charge in [0, 0.05) is 0 Å². The normalized spacial score (nSPS) is 2.00. The van der Waals surface area contributed by atoms with Crippen molar-refractivity contribution >= 4 is 7.69 Å². The van der Waals surface area contributed by atoms with Crippen LogP contribution in [0.2, 0.25) is 0 Å². The molecule has 5 nitrogen and oxygen atoms in total. The molecule has 0 aromatic heterocycles. The average molecular weight is 116 g/mol. The first-order chi connectivity index (χ1) is 1.41. The van der Waals surface area contributed by atoms with Crippen molar-refractivity contribution < 1.29 is 14.8 Å². The molecule has 0 aliphatic carbocycles. The summed E-state index contributed by atoms with van der Waals surface area (Å²) in [6.45, 7) is 0. The maximum absolute atomic E-state index is 7.00. The second-order valence-corrected chi connectivity index (χ2v) is 0.115. The lowest BCUT2D eigenvalue weighted by atomic mass is 10.5. The average Bonchev–Trinajstić information content (AvgIpc) is 0.918. The van der Waals surface area contributed by atoms with E-state index >= 15 is 0 Å². The zero-order chi connectivity index (χ0) is 2.71. The van der Waals surface area contributed by atoms with Gasteiger partial charge in [-0.1, -0.05) is 0 Å². The number of rotatable bonds is 0. The molecule has 0 spiro atoms. The first kappa shape index (κ1) is 70.8. The monoisotopic (exact) mass is 116 g/mol. The summed E-state index contributed by atoms with van der Waals surface area (Å²) in [5.41, 5.74) is 0. The van der Waals surface area contributed by atoms with Gasteiger partial charge in [0.05, 0.1) is 0 Å². The Morgan fingerprint density at radius 2 is 0.857 bits per heavy atom. The van der Waals surface area contributed by atoms with E-state index in [1.54, 1.807) is 0 Å². The van der Waals surface area contributed by atoms with Gasteiger partial charge in [-0.3, -0.25) is 4.70 Å². The van der Waals surface area contributed by atoms with Crippen LogP contribution in [-0.2, 0) is 0 Å². The highest BCUT2D eigenvalue weighted by Gasteiger charge is 1.51. The Morgan fingerprint density at radius 3 is 0.857 bits per heavy atom. The fourth-order valence-electron chi connectivity index (χ4n) is 0. The van der Waals surface area contributed by atoms with Crippen LogP contribution in [0.1, 0.15) is 0 Å². The minimum atomic E-state index is 0. The van der Waals surface area contributed by atoms with Crippen LogP contribution in [0, 0.1) is 0 Å². The minimum absolute atomic E-state index is 0. The number of halogens is 1. The molecule has 49 valence electrons. The second kappa shape index (κ2) is 211. The molecular formula is H12BFN3O2. The zero-order valence-corrected chi connectivity index (χ0v) is 4.00. The van der Waals surface area contributed by atoms with Crippen LogP contribution in [0.4, 0.5) is 4.70 Å². The van der Waals surface area contributed by atoms with Gasteiger partial charge in [0.2, 0.25) is 0 Å². The standard InChI is InChI=1S/BH2O2.FH.3H3N/c2-1-3;;;;/h2-3H;1H;3*1H3.